The van der Waals surface area contributed by atoms with Crippen molar-refractivity contribution in [3.05, 3.63) is 35.6 Å². The average Bonchev–Trinajstić information content (AvgIpc) is 2.93. The summed E-state index contributed by atoms with van der Waals surface area (Å²) in [5.74, 6) is -0.167. The average molecular weight is 358 g/mol. The third kappa shape index (κ3) is 5.16. The second kappa shape index (κ2) is 8.61. The van der Waals surface area contributed by atoms with Crippen molar-refractivity contribution in [2.24, 2.45) is 7.05 Å². The molecule has 1 aliphatic rings. The number of tetrazole rings is 1. The molecule has 0 unspecified atom stereocenters. The van der Waals surface area contributed by atoms with Gasteiger partial charge in [-0.25, -0.2) is 9.07 Å². The van der Waals surface area contributed by atoms with Gasteiger partial charge in [0, 0.05) is 18.8 Å². The molecule has 23 heavy (non-hydrogen) atoms. The highest BCUT2D eigenvalue weighted by atomic mass is 35.5. The third-order valence-electron chi connectivity index (χ3n) is 4.02. The molecule has 1 aromatic carbocycles. The van der Waals surface area contributed by atoms with Gasteiger partial charge in [-0.05, 0) is 60.5 Å². The Labute approximate surface area is 146 Å². The summed E-state index contributed by atoms with van der Waals surface area (Å²) in [6.07, 6.45) is 3.28. The summed E-state index contributed by atoms with van der Waals surface area (Å²) in [4.78, 5) is 2.48. The van der Waals surface area contributed by atoms with E-state index in [-0.39, 0.29) is 18.2 Å². The molecule has 0 atom stereocenters. The molecule has 5 nitrogen and oxygen atoms in total. The van der Waals surface area contributed by atoms with Crippen LogP contribution in [0.4, 0.5) is 4.39 Å². The topological polar surface area (TPSA) is 46.8 Å². The zero-order valence-electron chi connectivity index (χ0n) is 13.1. The highest BCUT2D eigenvalue weighted by Crippen LogP contribution is 2.28. The van der Waals surface area contributed by atoms with Crippen LogP contribution in [0.3, 0.4) is 0 Å². The van der Waals surface area contributed by atoms with E-state index in [4.69, 9.17) is 0 Å². The molecule has 0 amide bonds. The van der Waals surface area contributed by atoms with Crippen LogP contribution in [0.1, 0.15) is 18.4 Å². The molecule has 2 aromatic rings. The summed E-state index contributed by atoms with van der Waals surface area (Å²) < 4.78 is 14.6. The maximum Gasteiger partial charge on any atom is 0.209 e. The smallest absolute Gasteiger partial charge is 0.209 e. The van der Waals surface area contributed by atoms with Gasteiger partial charge >= 0.3 is 0 Å². The number of hydrogen-bond acceptors (Lipinski definition) is 5. The van der Waals surface area contributed by atoms with Crippen LogP contribution in [0.2, 0.25) is 0 Å². The van der Waals surface area contributed by atoms with Crippen molar-refractivity contribution in [3.63, 3.8) is 0 Å². The van der Waals surface area contributed by atoms with E-state index in [1.165, 1.54) is 17.7 Å². The monoisotopic (exact) mass is 357 g/mol. The number of nitrogens with zero attached hydrogens (tertiary/aromatic N) is 5. The van der Waals surface area contributed by atoms with Crippen molar-refractivity contribution >= 4 is 24.2 Å². The minimum atomic E-state index is -0.167. The Morgan fingerprint density at radius 3 is 2.52 bits per heavy atom. The van der Waals surface area contributed by atoms with Gasteiger partial charge in [-0.15, -0.1) is 17.5 Å². The van der Waals surface area contributed by atoms with Gasteiger partial charge < -0.3 is 4.90 Å². The number of aromatic nitrogens is 4. The number of halogens is 2. The van der Waals surface area contributed by atoms with Crippen LogP contribution in [0.5, 0.6) is 0 Å². The zero-order chi connectivity index (χ0) is 15.4. The van der Waals surface area contributed by atoms with Crippen LogP contribution in [-0.4, -0.2) is 50.0 Å². The van der Waals surface area contributed by atoms with Crippen LogP contribution in [0, 0.1) is 5.82 Å². The van der Waals surface area contributed by atoms with Crippen molar-refractivity contribution in [3.8, 4) is 0 Å². The van der Waals surface area contributed by atoms with Crippen molar-refractivity contribution in [1.82, 2.24) is 25.1 Å². The Morgan fingerprint density at radius 1 is 1.22 bits per heavy atom. The second-order valence-electron chi connectivity index (χ2n) is 5.62. The maximum atomic E-state index is 12.9. The van der Waals surface area contributed by atoms with E-state index in [1.807, 2.05) is 19.2 Å². The van der Waals surface area contributed by atoms with Crippen molar-refractivity contribution in [2.75, 3.05) is 19.6 Å². The molecule has 1 aromatic heterocycles. The van der Waals surface area contributed by atoms with Gasteiger partial charge in [0.25, 0.3) is 0 Å². The third-order valence-corrected chi connectivity index (χ3v) is 5.38. The quantitative estimate of drug-likeness (QED) is 0.823. The fourth-order valence-corrected chi connectivity index (χ4v) is 3.68. The van der Waals surface area contributed by atoms with E-state index in [1.54, 1.807) is 16.4 Å². The van der Waals surface area contributed by atoms with E-state index in [0.29, 0.717) is 5.25 Å². The van der Waals surface area contributed by atoms with Gasteiger partial charge in [-0.3, -0.25) is 0 Å². The lowest BCUT2D eigenvalue weighted by Gasteiger charge is -2.31. The Kier molecular flexibility index (Phi) is 6.80. The number of aryl methyl sites for hydroxylation is 1. The van der Waals surface area contributed by atoms with Gasteiger partial charge in [0.2, 0.25) is 5.16 Å². The van der Waals surface area contributed by atoms with Gasteiger partial charge in [0.05, 0.1) is 0 Å². The summed E-state index contributed by atoms with van der Waals surface area (Å²) in [7, 11) is 1.88. The zero-order valence-corrected chi connectivity index (χ0v) is 14.7. The van der Waals surface area contributed by atoms with E-state index < -0.39 is 0 Å². The first-order valence-electron chi connectivity index (χ1n) is 7.56. The first kappa shape index (κ1) is 18.2. The maximum absolute atomic E-state index is 12.9. The first-order valence-corrected chi connectivity index (χ1v) is 8.44. The van der Waals surface area contributed by atoms with Gasteiger partial charge in [-0.1, -0.05) is 23.9 Å². The number of piperidine rings is 1. The van der Waals surface area contributed by atoms with Crippen LogP contribution < -0.4 is 0 Å². The fourth-order valence-electron chi connectivity index (χ4n) is 2.66. The number of likely N-dealkylation sites (tertiary alicyclic amines) is 1. The Hall–Kier alpha value is -1.18. The molecule has 8 heteroatoms. The highest BCUT2D eigenvalue weighted by Gasteiger charge is 2.21. The predicted octanol–water partition coefficient (Wildman–Crippen LogP) is 2.57. The minimum Gasteiger partial charge on any atom is -0.303 e. The Bertz CT molecular complexity index is 598. The summed E-state index contributed by atoms with van der Waals surface area (Å²) >= 11 is 1.77. The molecular weight excluding hydrogens is 337 g/mol. The molecule has 1 aliphatic heterocycles. The standard InChI is InChI=1S/C15H20FN5S.ClH/c1-20-15(17-18-19-20)22-14-7-10-21(11-8-14)9-6-12-2-4-13(16)5-3-12;/h2-5,14H,6-11H2,1H3;1H. The number of hydrogen-bond donors (Lipinski definition) is 0. The molecule has 1 fully saturated rings. The first-order chi connectivity index (χ1) is 10.7. The van der Waals surface area contributed by atoms with Crippen LogP contribution in [0.15, 0.2) is 29.4 Å². The molecule has 0 saturated carbocycles. The van der Waals surface area contributed by atoms with E-state index >= 15 is 0 Å². The van der Waals surface area contributed by atoms with Gasteiger partial charge in [0.1, 0.15) is 5.82 Å². The van der Waals surface area contributed by atoms with Crippen molar-refractivity contribution in [1.29, 1.82) is 0 Å². The molecular formula is C15H21ClFN5S. The summed E-state index contributed by atoms with van der Waals surface area (Å²) in [6.45, 7) is 3.24. The molecule has 0 N–H and O–H groups in total. The molecule has 3 rings (SSSR count). The molecule has 0 radical (unpaired) electrons. The molecule has 2 heterocycles. The summed E-state index contributed by atoms with van der Waals surface area (Å²) in [5, 5.41) is 13.1. The number of thioether (sulfide) groups is 1. The van der Waals surface area contributed by atoms with E-state index in [2.05, 4.69) is 20.4 Å². The van der Waals surface area contributed by atoms with Crippen LogP contribution in [-0.2, 0) is 13.5 Å². The molecule has 126 valence electrons. The lowest BCUT2D eigenvalue weighted by atomic mass is 10.1. The molecule has 0 aliphatic carbocycles. The lowest BCUT2D eigenvalue weighted by molar-refractivity contribution is 0.235. The van der Waals surface area contributed by atoms with Gasteiger partial charge in [0.15, 0.2) is 0 Å². The van der Waals surface area contributed by atoms with Crippen LogP contribution >= 0.6 is 24.2 Å². The van der Waals surface area contributed by atoms with Crippen molar-refractivity contribution < 1.29 is 4.39 Å². The second-order valence-corrected chi connectivity index (χ2v) is 6.89. The molecule has 1 saturated heterocycles. The summed E-state index contributed by atoms with van der Waals surface area (Å²) in [5.41, 5.74) is 1.20. The highest BCUT2D eigenvalue weighted by molar-refractivity contribution is 7.99. The molecule has 0 bridgehead atoms. The number of rotatable bonds is 5. The fraction of sp³-hybridized carbons (Fsp3) is 0.533. The van der Waals surface area contributed by atoms with Crippen LogP contribution in [0.25, 0.3) is 0 Å². The minimum absolute atomic E-state index is 0. The lowest BCUT2D eigenvalue weighted by Crippen LogP contribution is -2.36. The Balaban J connectivity index is 0.00000192. The predicted molar refractivity (Wildman–Crippen MR) is 91.5 cm³/mol. The SMILES string of the molecule is Cl.Cn1nnnc1SC1CCN(CCc2ccc(F)cc2)CC1. The summed E-state index contributed by atoms with van der Waals surface area (Å²) in [6, 6.07) is 6.82. The molecule has 0 spiro atoms. The Morgan fingerprint density at radius 2 is 1.91 bits per heavy atom. The normalized spacial score (nSPS) is 16.3. The van der Waals surface area contributed by atoms with Gasteiger partial charge in [-0.2, -0.15) is 0 Å². The number of benzene rings is 1. The van der Waals surface area contributed by atoms with Crippen molar-refractivity contribution in [2.45, 2.75) is 29.7 Å². The van der Waals surface area contributed by atoms with E-state index in [9.17, 15) is 4.39 Å². The largest absolute Gasteiger partial charge is 0.303 e. The van der Waals surface area contributed by atoms with E-state index in [0.717, 1.165) is 44.1 Å².